The summed E-state index contributed by atoms with van der Waals surface area (Å²) in [4.78, 5) is 32.7. The lowest BCUT2D eigenvalue weighted by atomic mass is 9.96. The molecule has 1 atom stereocenters. The number of hydrogen-bond acceptors (Lipinski definition) is 6. The van der Waals surface area contributed by atoms with Gasteiger partial charge in [0.25, 0.3) is 5.56 Å². The summed E-state index contributed by atoms with van der Waals surface area (Å²) >= 11 is 1.30. The highest BCUT2D eigenvalue weighted by Gasteiger charge is 2.33. The number of carbonyl (C=O) groups excluding carboxylic acids is 1. The summed E-state index contributed by atoms with van der Waals surface area (Å²) in [5.74, 6) is -0.0695. The van der Waals surface area contributed by atoms with Crippen LogP contribution in [0.2, 0.25) is 0 Å². The monoisotopic (exact) mass is 609 g/mol. The van der Waals surface area contributed by atoms with Gasteiger partial charge in [0.05, 0.1) is 35.1 Å². The normalized spacial score (nSPS) is 14.9. The number of ether oxygens (including phenoxy) is 2. The Labute approximate surface area is 257 Å². The van der Waals surface area contributed by atoms with E-state index in [0.717, 1.165) is 33.3 Å². The van der Waals surface area contributed by atoms with Crippen molar-refractivity contribution >= 4 is 34.3 Å². The average molecular weight is 610 g/mol. The Morgan fingerprint density at radius 3 is 2.43 bits per heavy atom. The molecule has 224 valence electrons. The number of thiazole rings is 1. The van der Waals surface area contributed by atoms with Crippen molar-refractivity contribution in [1.29, 1.82) is 0 Å². The minimum atomic E-state index is -0.705. The molecule has 0 spiro atoms. The van der Waals surface area contributed by atoms with E-state index in [1.165, 1.54) is 23.5 Å². The van der Waals surface area contributed by atoms with E-state index in [1.807, 2.05) is 68.5 Å². The topological polar surface area (TPSA) is 74.8 Å². The molecule has 0 aliphatic carbocycles. The molecule has 0 fully saturated rings. The molecule has 0 saturated carbocycles. The molecule has 3 heterocycles. The first-order chi connectivity index (χ1) is 21.3. The first kappa shape index (κ1) is 29.3. The van der Waals surface area contributed by atoms with E-state index >= 15 is 0 Å². The molecule has 44 heavy (non-hydrogen) atoms. The lowest BCUT2D eigenvalue weighted by Gasteiger charge is -2.24. The maximum atomic E-state index is 14.2. The molecule has 0 unspecified atom stereocenters. The van der Waals surface area contributed by atoms with Crippen molar-refractivity contribution in [3.8, 4) is 5.75 Å². The molecule has 0 radical (unpaired) electrons. The number of halogens is 1. The van der Waals surface area contributed by atoms with Crippen LogP contribution in [-0.4, -0.2) is 28.3 Å². The second-order valence-corrected chi connectivity index (χ2v) is 11.5. The van der Waals surface area contributed by atoms with Crippen LogP contribution in [-0.2, 0) is 16.1 Å². The highest BCUT2D eigenvalue weighted by atomic mass is 32.1. The van der Waals surface area contributed by atoms with Gasteiger partial charge in [0.2, 0.25) is 0 Å². The van der Waals surface area contributed by atoms with Gasteiger partial charge < -0.3 is 14.0 Å². The lowest BCUT2D eigenvalue weighted by Crippen LogP contribution is -2.39. The third-order valence-electron chi connectivity index (χ3n) is 7.83. The second kappa shape index (κ2) is 12.1. The van der Waals surface area contributed by atoms with E-state index in [-0.39, 0.29) is 18.0 Å². The Morgan fingerprint density at radius 2 is 1.73 bits per heavy atom. The number of rotatable bonds is 8. The van der Waals surface area contributed by atoms with Crippen molar-refractivity contribution in [1.82, 2.24) is 9.13 Å². The van der Waals surface area contributed by atoms with Crippen molar-refractivity contribution in [3.63, 3.8) is 0 Å². The molecule has 0 bridgehead atoms. The molecular weight excluding hydrogens is 577 g/mol. The molecule has 0 saturated heterocycles. The Kier molecular flexibility index (Phi) is 8.05. The predicted molar refractivity (Wildman–Crippen MR) is 170 cm³/mol. The number of fused-ring (bicyclic) bond motifs is 2. The van der Waals surface area contributed by atoms with Gasteiger partial charge in [0.1, 0.15) is 11.6 Å². The highest BCUT2D eigenvalue weighted by Crippen LogP contribution is 2.32. The Morgan fingerprint density at radius 1 is 1.00 bits per heavy atom. The minimum Gasteiger partial charge on any atom is -0.494 e. The summed E-state index contributed by atoms with van der Waals surface area (Å²) in [5, 5.41) is 1.00. The van der Waals surface area contributed by atoms with Gasteiger partial charge >= 0.3 is 5.97 Å². The summed E-state index contributed by atoms with van der Waals surface area (Å²) in [6.07, 6.45) is 1.92. The van der Waals surface area contributed by atoms with Crippen molar-refractivity contribution < 1.29 is 18.7 Å². The number of allylic oxidation sites excluding steroid dienone is 1. The minimum absolute atomic E-state index is 0.206. The third kappa shape index (κ3) is 5.28. The number of hydrogen-bond donors (Lipinski definition) is 0. The summed E-state index contributed by atoms with van der Waals surface area (Å²) in [5.41, 5.74) is 5.26. The first-order valence-corrected chi connectivity index (χ1v) is 15.4. The van der Waals surface area contributed by atoms with Crippen LogP contribution in [0.3, 0.4) is 0 Å². The van der Waals surface area contributed by atoms with Crippen molar-refractivity contribution in [2.45, 2.75) is 40.3 Å². The van der Waals surface area contributed by atoms with Crippen molar-refractivity contribution in [2.24, 2.45) is 4.99 Å². The van der Waals surface area contributed by atoms with Gasteiger partial charge in [-0.25, -0.2) is 14.2 Å². The van der Waals surface area contributed by atoms with Gasteiger partial charge in [-0.2, -0.15) is 0 Å². The van der Waals surface area contributed by atoms with Crippen LogP contribution in [0.1, 0.15) is 49.2 Å². The zero-order valence-corrected chi connectivity index (χ0v) is 25.8. The molecular formula is C35H32FN3O4S. The highest BCUT2D eigenvalue weighted by molar-refractivity contribution is 7.07. The molecule has 5 aromatic rings. The first-order valence-electron chi connectivity index (χ1n) is 14.5. The third-order valence-corrected chi connectivity index (χ3v) is 8.82. The SMILES string of the molecule is CCOC(=O)C1=C(C)N=c2s/c(=C\c3c(C)n(Cc4ccc(F)cc4)c4ccccc34)c(=O)n2[C@@H]1c1ccc(OCC)cc1. The molecule has 0 N–H and O–H groups in total. The van der Waals surface area contributed by atoms with E-state index in [1.54, 1.807) is 30.5 Å². The Bertz CT molecular complexity index is 2090. The number of para-hydroxylation sites is 1. The number of aromatic nitrogens is 2. The number of carbonyl (C=O) groups is 1. The Balaban J connectivity index is 1.52. The van der Waals surface area contributed by atoms with Gasteiger partial charge in [0, 0.05) is 28.7 Å². The van der Waals surface area contributed by atoms with E-state index in [9.17, 15) is 14.0 Å². The molecule has 6 rings (SSSR count). The molecule has 7 nitrogen and oxygen atoms in total. The predicted octanol–water partition coefficient (Wildman–Crippen LogP) is 5.65. The molecule has 3 aromatic carbocycles. The van der Waals surface area contributed by atoms with Gasteiger partial charge in [0.15, 0.2) is 4.80 Å². The van der Waals surface area contributed by atoms with E-state index in [4.69, 9.17) is 14.5 Å². The molecule has 1 aliphatic heterocycles. The number of benzene rings is 3. The number of esters is 1. The van der Waals surface area contributed by atoms with Crippen LogP contribution < -0.4 is 19.6 Å². The Hall–Kier alpha value is -4.76. The fourth-order valence-corrected chi connectivity index (χ4v) is 6.80. The van der Waals surface area contributed by atoms with E-state index in [0.29, 0.717) is 39.5 Å². The fourth-order valence-electron chi connectivity index (χ4n) is 5.77. The molecule has 0 amide bonds. The van der Waals surface area contributed by atoms with Gasteiger partial charge in [-0.15, -0.1) is 0 Å². The van der Waals surface area contributed by atoms with Crippen molar-refractivity contribution in [3.05, 3.63) is 132 Å². The second-order valence-electron chi connectivity index (χ2n) is 10.5. The molecule has 2 aromatic heterocycles. The van der Waals surface area contributed by atoms with Gasteiger partial charge in [-0.3, -0.25) is 9.36 Å². The summed E-state index contributed by atoms with van der Waals surface area (Å²) in [6, 6.07) is 21.3. The quantitative estimate of drug-likeness (QED) is 0.213. The van der Waals surface area contributed by atoms with E-state index in [2.05, 4.69) is 4.57 Å². The van der Waals surface area contributed by atoms with Gasteiger partial charge in [-0.1, -0.05) is 53.8 Å². The van der Waals surface area contributed by atoms with Crippen LogP contribution in [0.5, 0.6) is 5.75 Å². The van der Waals surface area contributed by atoms with Crippen LogP contribution in [0, 0.1) is 12.7 Å². The summed E-state index contributed by atoms with van der Waals surface area (Å²) in [7, 11) is 0. The van der Waals surface area contributed by atoms with E-state index < -0.39 is 12.0 Å². The average Bonchev–Trinajstić information content (AvgIpc) is 3.46. The zero-order chi connectivity index (χ0) is 31.0. The number of nitrogens with zero attached hydrogens (tertiary/aromatic N) is 3. The summed E-state index contributed by atoms with van der Waals surface area (Å²) in [6.45, 7) is 8.76. The lowest BCUT2D eigenvalue weighted by molar-refractivity contribution is -0.139. The standard InChI is InChI=1S/C35H32FN3O4S/c1-5-42-26-17-13-24(14-18-26)32-31(34(41)43-6-2)21(3)37-35-39(32)33(40)30(44-35)19-28-22(4)38(29-10-8-7-9-27(28)29)20-23-11-15-25(36)16-12-23/h7-19,32H,5-6,20H2,1-4H3/b30-19-/t32-/m1/s1. The zero-order valence-electron chi connectivity index (χ0n) is 25.0. The van der Waals surface area contributed by atoms with Gasteiger partial charge in [-0.05, 0) is 75.2 Å². The van der Waals surface area contributed by atoms with Crippen LogP contribution in [0.15, 0.2) is 93.9 Å². The summed E-state index contributed by atoms with van der Waals surface area (Å²) < 4.78 is 28.9. The van der Waals surface area contributed by atoms with Crippen LogP contribution in [0.4, 0.5) is 4.39 Å². The fraction of sp³-hybridized carbons (Fsp3) is 0.229. The maximum absolute atomic E-state index is 14.2. The van der Waals surface area contributed by atoms with Crippen LogP contribution in [0.25, 0.3) is 17.0 Å². The largest absolute Gasteiger partial charge is 0.494 e. The smallest absolute Gasteiger partial charge is 0.338 e. The molecule has 9 heteroatoms. The van der Waals surface area contributed by atoms with Crippen molar-refractivity contribution in [2.75, 3.05) is 13.2 Å². The maximum Gasteiger partial charge on any atom is 0.338 e. The molecule has 1 aliphatic rings. The van der Waals surface area contributed by atoms with Crippen LogP contribution >= 0.6 is 11.3 Å².